The number of nitrogens with one attached hydrogen (secondary N) is 1. The maximum atomic E-state index is 12.6. The molecule has 0 radical (unpaired) electrons. The summed E-state index contributed by atoms with van der Waals surface area (Å²) in [6.45, 7) is 5.63. The van der Waals surface area contributed by atoms with Crippen LogP contribution in [0.1, 0.15) is 28.7 Å². The number of aromatic nitrogens is 2. The lowest BCUT2D eigenvalue weighted by atomic mass is 10.1. The Morgan fingerprint density at radius 3 is 2.84 bits per heavy atom. The molecule has 0 spiro atoms. The van der Waals surface area contributed by atoms with Crippen molar-refractivity contribution in [2.24, 2.45) is 0 Å². The maximum Gasteiger partial charge on any atom is 0.261 e. The number of benzene rings is 1. The number of hydrogen-bond donors (Lipinski definition) is 1. The Labute approximate surface area is 147 Å². The van der Waals surface area contributed by atoms with Gasteiger partial charge in [0, 0.05) is 35.9 Å². The van der Waals surface area contributed by atoms with Crippen LogP contribution in [0.15, 0.2) is 35.0 Å². The van der Waals surface area contributed by atoms with Gasteiger partial charge in [0.2, 0.25) is 0 Å². The van der Waals surface area contributed by atoms with Crippen molar-refractivity contribution in [1.29, 1.82) is 0 Å². The first kappa shape index (κ1) is 17.2. The third-order valence-corrected chi connectivity index (χ3v) is 4.31. The van der Waals surface area contributed by atoms with Gasteiger partial charge in [0.15, 0.2) is 0 Å². The van der Waals surface area contributed by atoms with Gasteiger partial charge in [-0.3, -0.25) is 4.79 Å². The summed E-state index contributed by atoms with van der Waals surface area (Å²) < 4.78 is 7.37. The first-order chi connectivity index (χ1) is 12.0. The van der Waals surface area contributed by atoms with Gasteiger partial charge in [-0.05, 0) is 51.7 Å². The molecule has 0 fully saturated rings. The lowest BCUT2D eigenvalue weighted by Gasteiger charge is -2.11. The van der Waals surface area contributed by atoms with Gasteiger partial charge in [-0.1, -0.05) is 12.1 Å². The number of fused-ring (bicyclic) bond motifs is 1. The molecule has 0 aliphatic rings. The Morgan fingerprint density at radius 2 is 2.12 bits per heavy atom. The molecular weight excluding hydrogens is 316 g/mol. The molecule has 1 aromatic carbocycles. The van der Waals surface area contributed by atoms with Gasteiger partial charge in [0.05, 0.1) is 5.69 Å². The van der Waals surface area contributed by atoms with Crippen LogP contribution in [0.4, 0.5) is 5.69 Å². The second kappa shape index (κ2) is 7.11. The third-order valence-electron chi connectivity index (χ3n) is 4.31. The molecule has 0 aliphatic carbocycles. The maximum absolute atomic E-state index is 12.6. The zero-order valence-electron chi connectivity index (χ0n) is 15.2. The normalized spacial score (nSPS) is 11.4. The molecule has 0 saturated carbocycles. The lowest BCUT2D eigenvalue weighted by molar-refractivity contribution is 0.102. The number of carbonyl (C=O) groups is 1. The van der Waals surface area contributed by atoms with E-state index in [2.05, 4.69) is 46.3 Å². The average molecular weight is 340 g/mol. The molecule has 1 amide bonds. The van der Waals surface area contributed by atoms with Gasteiger partial charge in [0.25, 0.3) is 5.91 Å². The van der Waals surface area contributed by atoms with Crippen LogP contribution in [0.25, 0.3) is 10.9 Å². The van der Waals surface area contributed by atoms with Crippen LogP contribution >= 0.6 is 0 Å². The number of anilines is 1. The van der Waals surface area contributed by atoms with Crippen molar-refractivity contribution in [2.75, 3.05) is 26.0 Å². The van der Waals surface area contributed by atoms with E-state index in [1.54, 1.807) is 6.92 Å². The molecule has 25 heavy (non-hydrogen) atoms. The third kappa shape index (κ3) is 3.58. The molecule has 3 rings (SSSR count). The standard InChI is InChI=1S/C19H24N4O2/c1-5-16-18(13(2)25-21-16)19(24)20-15-6-7-17-14(12-15)8-9-23(17)11-10-22(3)4/h6-9,12H,5,10-11H2,1-4H3,(H,20,24). The monoisotopic (exact) mass is 340 g/mol. The molecule has 2 aromatic heterocycles. The van der Waals surface area contributed by atoms with Crippen LogP contribution in [0.5, 0.6) is 0 Å². The highest BCUT2D eigenvalue weighted by atomic mass is 16.5. The van der Waals surface area contributed by atoms with Gasteiger partial charge in [-0.2, -0.15) is 0 Å². The summed E-state index contributed by atoms with van der Waals surface area (Å²) >= 11 is 0. The summed E-state index contributed by atoms with van der Waals surface area (Å²) in [5.74, 6) is 0.368. The number of aryl methyl sites for hydroxylation is 2. The zero-order valence-corrected chi connectivity index (χ0v) is 15.2. The molecule has 0 atom stereocenters. The van der Waals surface area contributed by atoms with Crippen molar-refractivity contribution in [1.82, 2.24) is 14.6 Å². The second-order valence-corrected chi connectivity index (χ2v) is 6.45. The van der Waals surface area contributed by atoms with Gasteiger partial charge in [0.1, 0.15) is 11.3 Å². The van der Waals surface area contributed by atoms with Crippen molar-refractivity contribution in [3.8, 4) is 0 Å². The summed E-state index contributed by atoms with van der Waals surface area (Å²) in [4.78, 5) is 14.7. The molecule has 132 valence electrons. The Balaban J connectivity index is 1.80. The van der Waals surface area contributed by atoms with Crippen molar-refractivity contribution >= 4 is 22.5 Å². The van der Waals surface area contributed by atoms with Crippen molar-refractivity contribution < 1.29 is 9.32 Å². The fourth-order valence-electron chi connectivity index (χ4n) is 2.92. The number of amides is 1. The molecule has 6 heteroatoms. The van der Waals surface area contributed by atoms with Crippen molar-refractivity contribution in [3.05, 3.63) is 47.5 Å². The van der Waals surface area contributed by atoms with Crippen molar-refractivity contribution in [3.63, 3.8) is 0 Å². The van der Waals surface area contributed by atoms with Gasteiger partial charge in [-0.25, -0.2) is 0 Å². The molecular formula is C19H24N4O2. The smallest absolute Gasteiger partial charge is 0.261 e. The van der Waals surface area contributed by atoms with Crippen LogP contribution in [-0.2, 0) is 13.0 Å². The predicted octanol–water partition coefficient (Wildman–Crippen LogP) is 3.31. The fraction of sp³-hybridized carbons (Fsp3) is 0.368. The van der Waals surface area contributed by atoms with E-state index in [1.165, 1.54) is 0 Å². The zero-order chi connectivity index (χ0) is 18.0. The number of rotatable bonds is 6. The molecule has 0 saturated heterocycles. The van der Waals surface area contributed by atoms with Crippen LogP contribution in [0, 0.1) is 6.92 Å². The van der Waals surface area contributed by atoms with E-state index < -0.39 is 0 Å². The van der Waals surface area contributed by atoms with E-state index in [-0.39, 0.29) is 5.91 Å². The van der Waals surface area contributed by atoms with Crippen LogP contribution in [0.2, 0.25) is 0 Å². The minimum absolute atomic E-state index is 0.179. The molecule has 1 N–H and O–H groups in total. The van der Waals surface area contributed by atoms with E-state index >= 15 is 0 Å². The van der Waals surface area contributed by atoms with E-state index in [0.717, 1.165) is 29.7 Å². The molecule has 0 bridgehead atoms. The van der Waals surface area contributed by atoms with Gasteiger partial charge < -0.3 is 19.3 Å². The largest absolute Gasteiger partial charge is 0.361 e. The van der Waals surface area contributed by atoms with Crippen LogP contribution < -0.4 is 5.32 Å². The van der Waals surface area contributed by atoms with Crippen molar-refractivity contribution in [2.45, 2.75) is 26.8 Å². The highest BCUT2D eigenvalue weighted by Gasteiger charge is 2.19. The van der Waals surface area contributed by atoms with E-state index in [1.807, 2.05) is 25.1 Å². The van der Waals surface area contributed by atoms with E-state index in [0.29, 0.717) is 23.4 Å². The van der Waals surface area contributed by atoms with E-state index in [4.69, 9.17) is 4.52 Å². The summed E-state index contributed by atoms with van der Waals surface area (Å²) in [5, 5.41) is 8.00. The quantitative estimate of drug-likeness (QED) is 0.748. The van der Waals surface area contributed by atoms with Crippen LogP contribution in [-0.4, -0.2) is 41.2 Å². The number of likely N-dealkylation sites (N-methyl/N-ethyl adjacent to an activating group) is 1. The minimum atomic E-state index is -0.179. The Hall–Kier alpha value is -2.60. The van der Waals surface area contributed by atoms with Crippen LogP contribution in [0.3, 0.4) is 0 Å². The second-order valence-electron chi connectivity index (χ2n) is 6.45. The summed E-state index contributed by atoms with van der Waals surface area (Å²) in [6, 6.07) is 8.04. The molecule has 0 aliphatic heterocycles. The summed E-state index contributed by atoms with van der Waals surface area (Å²) in [7, 11) is 4.13. The molecule has 2 heterocycles. The Kier molecular flexibility index (Phi) is 4.90. The fourth-order valence-corrected chi connectivity index (χ4v) is 2.92. The molecule has 6 nitrogen and oxygen atoms in total. The SMILES string of the molecule is CCc1noc(C)c1C(=O)Nc1ccc2c(ccn2CCN(C)C)c1. The predicted molar refractivity (Wildman–Crippen MR) is 99.1 cm³/mol. The number of carbonyl (C=O) groups excluding carboxylic acids is 1. The van der Waals surface area contributed by atoms with Gasteiger partial charge in [-0.15, -0.1) is 0 Å². The van der Waals surface area contributed by atoms with E-state index in [9.17, 15) is 4.79 Å². The molecule has 0 unspecified atom stereocenters. The highest BCUT2D eigenvalue weighted by Crippen LogP contribution is 2.22. The lowest BCUT2D eigenvalue weighted by Crippen LogP contribution is -2.17. The first-order valence-electron chi connectivity index (χ1n) is 8.49. The minimum Gasteiger partial charge on any atom is -0.361 e. The summed E-state index contributed by atoms with van der Waals surface area (Å²) in [5.41, 5.74) is 3.15. The number of nitrogens with zero attached hydrogens (tertiary/aromatic N) is 3. The molecule has 3 aromatic rings. The number of hydrogen-bond acceptors (Lipinski definition) is 4. The average Bonchev–Trinajstić information content (AvgIpc) is 3.15. The highest BCUT2D eigenvalue weighted by molar-refractivity contribution is 6.06. The Bertz CT molecular complexity index is 892. The summed E-state index contributed by atoms with van der Waals surface area (Å²) in [6.07, 6.45) is 2.74. The Morgan fingerprint density at radius 1 is 1.32 bits per heavy atom. The topological polar surface area (TPSA) is 63.3 Å². The van der Waals surface area contributed by atoms with Gasteiger partial charge >= 0.3 is 0 Å². The first-order valence-corrected chi connectivity index (χ1v) is 8.49.